The molecule has 2 unspecified atom stereocenters. The van der Waals surface area contributed by atoms with Gasteiger partial charge in [-0.05, 0) is 48.3 Å². The maximum atomic E-state index is 14.2. The van der Waals surface area contributed by atoms with Crippen LogP contribution in [0.1, 0.15) is 29.8 Å². The van der Waals surface area contributed by atoms with Gasteiger partial charge in [0.25, 0.3) is 5.91 Å². The van der Waals surface area contributed by atoms with Crippen LogP contribution in [0.4, 0.5) is 14.5 Å². The number of anilines is 1. The Balaban J connectivity index is 1.66. The first-order valence-electron chi connectivity index (χ1n) is 10.2. The van der Waals surface area contributed by atoms with Crippen LogP contribution < -0.4 is 16.8 Å². The minimum absolute atomic E-state index is 0.0363. The number of nitrogens with zero attached hydrogens (tertiary/aromatic N) is 2. The Labute approximate surface area is 183 Å². The van der Waals surface area contributed by atoms with Gasteiger partial charge in [0, 0.05) is 24.4 Å². The smallest absolute Gasteiger partial charge is 0.276 e. The zero-order valence-electron chi connectivity index (χ0n) is 17.2. The lowest BCUT2D eigenvalue weighted by Crippen LogP contribution is -2.36. The number of aromatic nitrogens is 1. The number of nitrogens with one attached hydrogen (secondary N) is 1. The molecule has 0 saturated heterocycles. The molecule has 2 atom stereocenters. The standard InChI is InChI=1S/C23H23F2N5O2/c24-14-2-1-3-15(25)21(14)18-6-5-16(26)22(29-18)23(32)30-19-11-28-9-8-13(19)12-4-7-20(31)17(27)10-12/h1-3,5-6,9-10,17,20,31H,4,7-8,11,26-27H2,(H,30,32). The molecule has 1 amide bonds. The van der Waals surface area contributed by atoms with Gasteiger partial charge < -0.3 is 21.9 Å². The van der Waals surface area contributed by atoms with Crippen LogP contribution >= 0.6 is 0 Å². The van der Waals surface area contributed by atoms with Crippen molar-refractivity contribution in [3.8, 4) is 11.3 Å². The highest BCUT2D eigenvalue weighted by atomic mass is 19.1. The summed E-state index contributed by atoms with van der Waals surface area (Å²) < 4.78 is 28.4. The molecular weight excluding hydrogens is 416 g/mol. The number of aliphatic hydroxyl groups is 1. The molecule has 7 nitrogen and oxygen atoms in total. The van der Waals surface area contributed by atoms with Gasteiger partial charge in [0.2, 0.25) is 0 Å². The first kappa shape index (κ1) is 21.8. The number of amides is 1. The number of halogens is 2. The first-order valence-corrected chi connectivity index (χ1v) is 10.2. The Kier molecular flexibility index (Phi) is 6.11. The quantitative estimate of drug-likeness (QED) is 0.582. The molecule has 166 valence electrons. The van der Waals surface area contributed by atoms with E-state index in [9.17, 15) is 18.7 Å². The average Bonchev–Trinajstić information content (AvgIpc) is 2.77. The van der Waals surface area contributed by atoms with Crippen LogP contribution in [0.5, 0.6) is 0 Å². The number of hydrogen-bond acceptors (Lipinski definition) is 6. The van der Waals surface area contributed by atoms with Crippen LogP contribution in [0.2, 0.25) is 0 Å². The zero-order chi connectivity index (χ0) is 22.8. The molecule has 0 spiro atoms. The van der Waals surface area contributed by atoms with Crippen molar-refractivity contribution >= 4 is 17.8 Å². The molecule has 4 rings (SSSR count). The number of carbonyl (C=O) groups excluding carboxylic acids is 1. The van der Waals surface area contributed by atoms with E-state index < -0.39 is 29.7 Å². The highest BCUT2D eigenvalue weighted by molar-refractivity contribution is 5.99. The predicted octanol–water partition coefficient (Wildman–Crippen LogP) is 2.48. The van der Waals surface area contributed by atoms with E-state index in [-0.39, 0.29) is 29.2 Å². The normalized spacial score (nSPS) is 20.8. The number of aliphatic imine (C=N–C) groups is 1. The molecular formula is C23H23F2N5O2. The van der Waals surface area contributed by atoms with Crippen LogP contribution in [0.15, 0.2) is 58.2 Å². The van der Waals surface area contributed by atoms with Gasteiger partial charge in [-0.3, -0.25) is 9.79 Å². The molecule has 1 aromatic heterocycles. The number of rotatable bonds is 4. The molecule has 6 N–H and O–H groups in total. The van der Waals surface area contributed by atoms with Gasteiger partial charge in [0.15, 0.2) is 5.69 Å². The summed E-state index contributed by atoms with van der Waals surface area (Å²) in [6, 6.07) is 5.76. The number of dihydropyridines is 1. The summed E-state index contributed by atoms with van der Waals surface area (Å²) in [6.45, 7) is 0.248. The summed E-state index contributed by atoms with van der Waals surface area (Å²) in [6.07, 6.45) is 4.63. The lowest BCUT2D eigenvalue weighted by atomic mass is 9.86. The monoisotopic (exact) mass is 439 g/mol. The van der Waals surface area contributed by atoms with Gasteiger partial charge in [-0.15, -0.1) is 0 Å². The minimum Gasteiger partial charge on any atom is -0.397 e. The summed E-state index contributed by atoms with van der Waals surface area (Å²) >= 11 is 0. The molecule has 0 saturated carbocycles. The van der Waals surface area contributed by atoms with E-state index in [4.69, 9.17) is 11.5 Å². The SMILES string of the molecule is Nc1ccc(-c2c(F)cccc2F)nc1C(=O)NC1=C(C2=CC(N)C(O)CC2)CC=NC1. The first-order chi connectivity index (χ1) is 15.3. The fourth-order valence-electron chi connectivity index (χ4n) is 3.87. The molecule has 1 aromatic carbocycles. The topological polar surface area (TPSA) is 127 Å². The third-order valence-electron chi connectivity index (χ3n) is 5.60. The Hall–Kier alpha value is -3.43. The van der Waals surface area contributed by atoms with Crippen LogP contribution in [0.25, 0.3) is 11.3 Å². The van der Waals surface area contributed by atoms with E-state index in [1.165, 1.54) is 18.2 Å². The summed E-state index contributed by atoms with van der Waals surface area (Å²) in [4.78, 5) is 21.4. The van der Waals surface area contributed by atoms with Gasteiger partial charge in [-0.2, -0.15) is 0 Å². The highest BCUT2D eigenvalue weighted by Gasteiger charge is 2.25. The van der Waals surface area contributed by atoms with Crippen molar-refractivity contribution in [3.63, 3.8) is 0 Å². The maximum Gasteiger partial charge on any atom is 0.276 e. The van der Waals surface area contributed by atoms with Crippen LogP contribution in [0.3, 0.4) is 0 Å². The lowest BCUT2D eigenvalue weighted by molar-refractivity contribution is 0.0961. The van der Waals surface area contributed by atoms with Gasteiger partial charge in [-0.1, -0.05) is 12.1 Å². The molecule has 1 aliphatic carbocycles. The molecule has 9 heteroatoms. The highest BCUT2D eigenvalue weighted by Crippen LogP contribution is 2.30. The zero-order valence-corrected chi connectivity index (χ0v) is 17.2. The number of aliphatic hydroxyl groups excluding tert-OH is 1. The third kappa shape index (κ3) is 4.30. The molecule has 1 aliphatic heterocycles. The number of carbonyl (C=O) groups is 1. The molecule has 2 aliphatic rings. The Morgan fingerprint density at radius 3 is 2.66 bits per heavy atom. The number of nitrogens with two attached hydrogens (primary N) is 2. The number of nitrogen functional groups attached to an aromatic ring is 1. The van der Waals surface area contributed by atoms with Crippen molar-refractivity contribution < 1.29 is 18.7 Å². The molecule has 2 aromatic rings. The Bertz CT molecular complexity index is 1140. The fraction of sp³-hybridized carbons (Fsp3) is 0.261. The molecule has 0 bridgehead atoms. The third-order valence-corrected chi connectivity index (χ3v) is 5.60. The van der Waals surface area contributed by atoms with Crippen LogP contribution in [0, 0.1) is 11.6 Å². The van der Waals surface area contributed by atoms with Crippen molar-refractivity contribution in [2.45, 2.75) is 31.4 Å². The van der Waals surface area contributed by atoms with Gasteiger partial charge in [0.1, 0.15) is 11.6 Å². The number of allylic oxidation sites excluding steroid dienone is 2. The van der Waals surface area contributed by atoms with Gasteiger partial charge in [-0.25, -0.2) is 13.8 Å². The minimum atomic E-state index is -0.789. The summed E-state index contributed by atoms with van der Waals surface area (Å²) in [5.74, 6) is -2.18. The van der Waals surface area contributed by atoms with Crippen molar-refractivity contribution in [1.82, 2.24) is 10.3 Å². The lowest BCUT2D eigenvalue weighted by Gasteiger charge is -2.27. The van der Waals surface area contributed by atoms with Crippen molar-refractivity contribution in [1.29, 1.82) is 0 Å². The van der Waals surface area contributed by atoms with Crippen LogP contribution in [-0.2, 0) is 0 Å². The van der Waals surface area contributed by atoms with Crippen molar-refractivity contribution in [2.24, 2.45) is 10.7 Å². The van der Waals surface area contributed by atoms with E-state index in [1.807, 2.05) is 6.08 Å². The fourth-order valence-corrected chi connectivity index (χ4v) is 3.87. The molecule has 0 fully saturated rings. The van der Waals surface area contributed by atoms with E-state index in [0.717, 1.165) is 23.3 Å². The second-order valence-corrected chi connectivity index (χ2v) is 7.74. The van der Waals surface area contributed by atoms with Gasteiger partial charge >= 0.3 is 0 Å². The van der Waals surface area contributed by atoms with Crippen LogP contribution in [-0.4, -0.2) is 40.9 Å². The Morgan fingerprint density at radius 2 is 1.94 bits per heavy atom. The van der Waals surface area contributed by atoms with E-state index in [1.54, 1.807) is 6.21 Å². The summed E-state index contributed by atoms with van der Waals surface area (Å²) in [7, 11) is 0. The summed E-state index contributed by atoms with van der Waals surface area (Å²) in [5.41, 5.74) is 13.9. The molecule has 32 heavy (non-hydrogen) atoms. The van der Waals surface area contributed by atoms with Crippen molar-refractivity contribution in [2.75, 3.05) is 12.3 Å². The predicted molar refractivity (Wildman–Crippen MR) is 118 cm³/mol. The largest absolute Gasteiger partial charge is 0.397 e. The summed E-state index contributed by atoms with van der Waals surface area (Å²) in [5, 5.41) is 12.7. The number of hydrogen-bond donors (Lipinski definition) is 4. The molecule has 0 radical (unpaired) electrons. The second-order valence-electron chi connectivity index (χ2n) is 7.74. The van der Waals surface area contributed by atoms with E-state index in [0.29, 0.717) is 25.0 Å². The Morgan fingerprint density at radius 1 is 1.19 bits per heavy atom. The number of pyridine rings is 1. The van der Waals surface area contributed by atoms with Gasteiger partial charge in [0.05, 0.1) is 29.6 Å². The molecule has 2 heterocycles. The second kappa shape index (κ2) is 8.97. The number of benzene rings is 1. The van der Waals surface area contributed by atoms with E-state index in [2.05, 4.69) is 15.3 Å². The van der Waals surface area contributed by atoms with Crippen molar-refractivity contribution in [3.05, 3.63) is 70.6 Å². The average molecular weight is 439 g/mol. The van der Waals surface area contributed by atoms with E-state index >= 15 is 0 Å². The maximum absolute atomic E-state index is 14.2.